The number of benzene rings is 3. The summed E-state index contributed by atoms with van der Waals surface area (Å²) in [6.07, 6.45) is 3.58. The first-order valence-corrected chi connectivity index (χ1v) is 15.6. The highest BCUT2D eigenvalue weighted by atomic mass is 16.5. The molecule has 0 aromatic heterocycles. The smallest absolute Gasteiger partial charge is 0.338 e. The number of aryl methyl sites for hydroxylation is 1. The van der Waals surface area contributed by atoms with E-state index >= 15 is 0 Å². The van der Waals surface area contributed by atoms with Crippen LogP contribution in [0.1, 0.15) is 45.2 Å². The molecule has 0 aliphatic rings. The number of hydrogen-bond donors (Lipinski definition) is 0. The number of carbonyl (C=O) groups is 3. The largest absolute Gasteiger partial charge is 0.494 e. The number of rotatable bonds is 17. The maximum atomic E-state index is 12.4. The van der Waals surface area contributed by atoms with E-state index in [0.717, 1.165) is 28.0 Å². The van der Waals surface area contributed by atoms with Crippen molar-refractivity contribution in [3.05, 3.63) is 120 Å². The molecule has 252 valence electrons. The summed E-state index contributed by atoms with van der Waals surface area (Å²) in [7, 11) is 0. The Bertz CT molecular complexity index is 1650. The number of esters is 3. The first-order chi connectivity index (χ1) is 22.8. The van der Waals surface area contributed by atoms with Crippen LogP contribution in [0.25, 0.3) is 17.2 Å². The molecule has 0 aliphatic heterocycles. The topological polar surface area (TPSA) is 97.4 Å². The van der Waals surface area contributed by atoms with Crippen LogP contribution in [-0.4, -0.2) is 43.8 Å². The standard InChI is InChI=1S/C40H44O8/c1-26(2)30(8)45-24-32(25-46-39(42)27(3)4)21-22-44-35-16-14-34(15-17-35)33-12-9-31(10-13-33)11-20-38(41)48-37-19-18-36(23-29(37)7)47-40(43)28(5)6/h9-20,23,30,32H,1,3,5,21-22,24-25H2,2,4,6-8H3/b20-11+. The number of carbonyl (C=O) groups excluding carboxylic acids is 3. The minimum atomic E-state index is -0.530. The summed E-state index contributed by atoms with van der Waals surface area (Å²) >= 11 is 0. The molecule has 0 N–H and O–H groups in total. The lowest BCUT2D eigenvalue weighted by molar-refractivity contribution is -0.141. The van der Waals surface area contributed by atoms with Crippen LogP contribution in [0.5, 0.6) is 17.2 Å². The van der Waals surface area contributed by atoms with Gasteiger partial charge in [0, 0.05) is 23.1 Å². The molecule has 0 fully saturated rings. The van der Waals surface area contributed by atoms with Crippen molar-refractivity contribution in [3.8, 4) is 28.4 Å². The molecule has 3 aromatic carbocycles. The molecule has 48 heavy (non-hydrogen) atoms. The van der Waals surface area contributed by atoms with Crippen molar-refractivity contribution in [3.63, 3.8) is 0 Å². The minimum Gasteiger partial charge on any atom is -0.494 e. The van der Waals surface area contributed by atoms with E-state index < -0.39 is 17.9 Å². The van der Waals surface area contributed by atoms with Gasteiger partial charge in [0.2, 0.25) is 0 Å². The zero-order valence-corrected chi connectivity index (χ0v) is 28.4. The second-order valence-corrected chi connectivity index (χ2v) is 11.7. The quantitative estimate of drug-likeness (QED) is 0.0623. The fraction of sp³-hybridized carbons (Fsp3) is 0.275. The summed E-state index contributed by atoms with van der Waals surface area (Å²) in [5, 5.41) is 0. The Balaban J connectivity index is 1.51. The molecule has 0 spiro atoms. The third kappa shape index (κ3) is 12.2. The van der Waals surface area contributed by atoms with E-state index in [2.05, 4.69) is 19.7 Å². The normalized spacial score (nSPS) is 12.1. The first kappa shape index (κ1) is 37.2. The Morgan fingerprint density at radius 1 is 0.771 bits per heavy atom. The molecule has 3 rings (SSSR count). The summed E-state index contributed by atoms with van der Waals surface area (Å²) in [5.41, 5.74) is 5.07. The van der Waals surface area contributed by atoms with Crippen molar-refractivity contribution in [1.29, 1.82) is 0 Å². The molecular weight excluding hydrogens is 608 g/mol. The molecule has 0 radical (unpaired) electrons. The van der Waals surface area contributed by atoms with Gasteiger partial charge in [0.15, 0.2) is 0 Å². The van der Waals surface area contributed by atoms with Crippen LogP contribution >= 0.6 is 0 Å². The second kappa shape index (κ2) is 18.2. The molecule has 0 bridgehead atoms. The van der Waals surface area contributed by atoms with Gasteiger partial charge < -0.3 is 23.7 Å². The summed E-state index contributed by atoms with van der Waals surface area (Å²) in [5.74, 6) is -0.0737. The molecule has 8 nitrogen and oxygen atoms in total. The van der Waals surface area contributed by atoms with Crippen molar-refractivity contribution >= 4 is 24.0 Å². The highest BCUT2D eigenvalue weighted by molar-refractivity contribution is 5.90. The van der Waals surface area contributed by atoms with Crippen LogP contribution in [0.2, 0.25) is 0 Å². The average molecular weight is 653 g/mol. The lowest BCUT2D eigenvalue weighted by atomic mass is 10.0. The molecule has 0 aliphatic carbocycles. The van der Waals surface area contributed by atoms with E-state index in [0.29, 0.717) is 47.8 Å². The van der Waals surface area contributed by atoms with Gasteiger partial charge in [-0.1, -0.05) is 61.7 Å². The Hall–Kier alpha value is -5.21. The third-order valence-corrected chi connectivity index (χ3v) is 7.30. The predicted molar refractivity (Wildman–Crippen MR) is 188 cm³/mol. The van der Waals surface area contributed by atoms with Crippen LogP contribution in [0.3, 0.4) is 0 Å². The zero-order valence-electron chi connectivity index (χ0n) is 28.4. The van der Waals surface area contributed by atoms with Crippen molar-refractivity contribution < 1.29 is 38.1 Å². The summed E-state index contributed by atoms with van der Waals surface area (Å²) in [4.78, 5) is 36.1. The number of ether oxygens (including phenoxy) is 5. The van der Waals surface area contributed by atoms with E-state index in [-0.39, 0.29) is 18.6 Å². The van der Waals surface area contributed by atoms with Crippen molar-refractivity contribution in [1.82, 2.24) is 0 Å². The van der Waals surface area contributed by atoms with Gasteiger partial charge in [-0.25, -0.2) is 14.4 Å². The summed E-state index contributed by atoms with van der Waals surface area (Å²) < 4.78 is 27.9. The molecule has 0 saturated heterocycles. The molecule has 2 unspecified atom stereocenters. The summed E-state index contributed by atoms with van der Waals surface area (Å²) in [6, 6.07) is 20.3. The fourth-order valence-corrected chi connectivity index (χ4v) is 4.13. The van der Waals surface area contributed by atoms with Crippen LogP contribution < -0.4 is 14.2 Å². The molecule has 3 aromatic rings. The predicted octanol–water partition coefficient (Wildman–Crippen LogP) is 8.25. The van der Waals surface area contributed by atoms with Gasteiger partial charge in [0.1, 0.15) is 17.2 Å². The average Bonchev–Trinajstić information content (AvgIpc) is 3.06. The zero-order chi connectivity index (χ0) is 35.2. The third-order valence-electron chi connectivity index (χ3n) is 7.30. The van der Waals surface area contributed by atoms with Crippen molar-refractivity contribution in [2.45, 2.75) is 47.1 Å². The monoisotopic (exact) mass is 652 g/mol. The van der Waals surface area contributed by atoms with Gasteiger partial charge >= 0.3 is 17.9 Å². The van der Waals surface area contributed by atoms with Gasteiger partial charge in [-0.2, -0.15) is 0 Å². The minimum absolute atomic E-state index is 0.0422. The van der Waals surface area contributed by atoms with E-state index in [1.165, 1.54) is 6.08 Å². The van der Waals surface area contributed by atoms with E-state index in [1.54, 1.807) is 45.0 Å². The van der Waals surface area contributed by atoms with Gasteiger partial charge in [-0.05, 0) is 99.7 Å². The Kier molecular flexibility index (Phi) is 14.1. The molecular formula is C40H44O8. The maximum Gasteiger partial charge on any atom is 0.338 e. The Morgan fingerprint density at radius 3 is 1.96 bits per heavy atom. The van der Waals surface area contributed by atoms with Crippen LogP contribution in [0.15, 0.2) is 109 Å². The van der Waals surface area contributed by atoms with Gasteiger partial charge in [0.05, 0.1) is 25.9 Å². The van der Waals surface area contributed by atoms with Gasteiger partial charge in [-0.3, -0.25) is 0 Å². The van der Waals surface area contributed by atoms with Crippen molar-refractivity contribution in [2.24, 2.45) is 5.92 Å². The van der Waals surface area contributed by atoms with Crippen LogP contribution in [0.4, 0.5) is 0 Å². The van der Waals surface area contributed by atoms with Crippen molar-refractivity contribution in [2.75, 3.05) is 19.8 Å². The second-order valence-electron chi connectivity index (χ2n) is 11.7. The number of hydrogen-bond acceptors (Lipinski definition) is 8. The first-order valence-electron chi connectivity index (χ1n) is 15.6. The lowest BCUT2D eigenvalue weighted by Gasteiger charge is -2.20. The lowest BCUT2D eigenvalue weighted by Crippen LogP contribution is -2.24. The van der Waals surface area contributed by atoms with E-state index in [1.807, 2.05) is 62.4 Å². The molecule has 8 heteroatoms. The Labute approximate surface area is 283 Å². The highest BCUT2D eigenvalue weighted by Crippen LogP contribution is 2.26. The fourth-order valence-electron chi connectivity index (χ4n) is 4.13. The van der Waals surface area contributed by atoms with E-state index in [4.69, 9.17) is 23.7 Å². The molecule has 2 atom stereocenters. The van der Waals surface area contributed by atoms with Gasteiger partial charge in [0.25, 0.3) is 0 Å². The Morgan fingerprint density at radius 2 is 1.38 bits per heavy atom. The van der Waals surface area contributed by atoms with E-state index in [9.17, 15) is 14.4 Å². The SMILES string of the molecule is C=C(C)C(=O)OCC(CCOc1ccc(-c2ccc(/C=C/C(=O)Oc3ccc(OC(=O)C(=C)C)cc3C)cc2)cc1)COC(C)C(=C)C. The summed E-state index contributed by atoms with van der Waals surface area (Å²) in [6.45, 7) is 21.0. The maximum absolute atomic E-state index is 12.4. The van der Waals surface area contributed by atoms with Gasteiger partial charge in [-0.15, -0.1) is 0 Å². The van der Waals surface area contributed by atoms with Crippen LogP contribution in [-0.2, 0) is 23.9 Å². The van der Waals surface area contributed by atoms with Crippen LogP contribution in [0, 0.1) is 12.8 Å². The molecule has 0 amide bonds. The molecule has 0 heterocycles. The molecule has 0 saturated carbocycles. The highest BCUT2D eigenvalue weighted by Gasteiger charge is 2.16.